The van der Waals surface area contributed by atoms with Gasteiger partial charge in [0.05, 0.1) is 10.4 Å². The molecule has 0 bridgehead atoms. The number of amides is 2. The number of rotatable bonds is 2. The Morgan fingerprint density at radius 2 is 1.67 bits per heavy atom. The predicted molar refractivity (Wildman–Crippen MR) is 67.8 cm³/mol. The number of hydrogen-bond donors (Lipinski definition) is 2. The molecule has 0 saturated carbocycles. The third-order valence-electron chi connectivity index (χ3n) is 1.90. The van der Waals surface area contributed by atoms with E-state index in [1.165, 1.54) is 29.5 Å². The fraction of sp³-hybridized carbons (Fsp3) is 0. The lowest BCUT2D eigenvalue weighted by atomic mass is 10.2. The maximum atomic E-state index is 12.5. The maximum Gasteiger partial charge on any atom is 0.258 e. The highest BCUT2D eigenvalue weighted by atomic mass is 32.1. The topological polar surface area (TPSA) is 86.2 Å². The van der Waals surface area contributed by atoms with Gasteiger partial charge >= 0.3 is 0 Å². The van der Waals surface area contributed by atoms with Crippen molar-refractivity contribution in [3.8, 4) is 0 Å². The van der Waals surface area contributed by atoms with Gasteiger partial charge in [-0.3, -0.25) is 9.59 Å². The average Bonchev–Trinajstić information content (AvgIpc) is 2.83. The van der Waals surface area contributed by atoms with E-state index in [0.717, 1.165) is 0 Å². The SMILES string of the molecule is NC(=O)c1ccccc1F.NC(=O)c1cccs1. The third-order valence-corrected chi connectivity index (χ3v) is 2.79. The first kappa shape index (κ1) is 13.9. The monoisotopic (exact) mass is 266 g/mol. The van der Waals surface area contributed by atoms with Crippen LogP contribution < -0.4 is 11.5 Å². The summed E-state index contributed by atoms with van der Waals surface area (Å²) >= 11 is 1.36. The average molecular weight is 266 g/mol. The minimum Gasteiger partial charge on any atom is -0.366 e. The van der Waals surface area contributed by atoms with Crippen molar-refractivity contribution in [2.45, 2.75) is 0 Å². The molecule has 18 heavy (non-hydrogen) atoms. The van der Waals surface area contributed by atoms with E-state index < -0.39 is 11.7 Å². The zero-order valence-electron chi connectivity index (χ0n) is 9.30. The Hall–Kier alpha value is -2.21. The largest absolute Gasteiger partial charge is 0.366 e. The van der Waals surface area contributed by atoms with Crippen molar-refractivity contribution in [2.75, 3.05) is 0 Å². The van der Waals surface area contributed by atoms with Gasteiger partial charge in [0, 0.05) is 0 Å². The molecule has 0 aliphatic rings. The number of hydrogen-bond acceptors (Lipinski definition) is 3. The minimum atomic E-state index is -0.738. The summed E-state index contributed by atoms with van der Waals surface area (Å²) < 4.78 is 12.5. The Kier molecular flexibility index (Phi) is 5.01. The Morgan fingerprint density at radius 1 is 1.00 bits per heavy atom. The molecule has 2 rings (SSSR count). The molecule has 0 fully saturated rings. The summed E-state index contributed by atoms with van der Waals surface area (Å²) in [4.78, 5) is 21.3. The number of carbonyl (C=O) groups is 2. The molecule has 0 saturated heterocycles. The van der Waals surface area contributed by atoms with Gasteiger partial charge in [-0.2, -0.15) is 0 Å². The molecule has 0 radical (unpaired) electrons. The molecule has 2 aromatic rings. The Balaban J connectivity index is 0.000000184. The second-order valence-electron chi connectivity index (χ2n) is 3.19. The van der Waals surface area contributed by atoms with Gasteiger partial charge in [0.15, 0.2) is 0 Å². The first-order chi connectivity index (χ1) is 8.52. The van der Waals surface area contributed by atoms with Gasteiger partial charge in [-0.15, -0.1) is 11.3 Å². The second-order valence-corrected chi connectivity index (χ2v) is 4.13. The van der Waals surface area contributed by atoms with Crippen molar-refractivity contribution in [2.24, 2.45) is 11.5 Å². The van der Waals surface area contributed by atoms with Crippen LogP contribution in [-0.2, 0) is 0 Å². The highest BCUT2D eigenvalue weighted by Gasteiger charge is 2.04. The lowest BCUT2D eigenvalue weighted by Crippen LogP contribution is -2.12. The highest BCUT2D eigenvalue weighted by molar-refractivity contribution is 7.12. The second kappa shape index (κ2) is 6.51. The van der Waals surface area contributed by atoms with Crippen LogP contribution in [0.1, 0.15) is 20.0 Å². The van der Waals surface area contributed by atoms with E-state index in [9.17, 15) is 14.0 Å². The van der Waals surface area contributed by atoms with E-state index in [-0.39, 0.29) is 11.5 Å². The molecule has 1 aromatic heterocycles. The number of halogens is 1. The van der Waals surface area contributed by atoms with Gasteiger partial charge in [0.25, 0.3) is 11.8 Å². The Labute approximate surface area is 107 Å². The zero-order valence-corrected chi connectivity index (χ0v) is 10.1. The highest BCUT2D eigenvalue weighted by Crippen LogP contribution is 2.05. The van der Waals surface area contributed by atoms with Crippen LogP contribution in [0.15, 0.2) is 41.8 Å². The van der Waals surface area contributed by atoms with Crippen molar-refractivity contribution in [3.05, 3.63) is 58.0 Å². The van der Waals surface area contributed by atoms with Gasteiger partial charge in [0.1, 0.15) is 5.82 Å². The summed E-state index contributed by atoms with van der Waals surface area (Å²) in [6, 6.07) is 9.10. The minimum absolute atomic E-state index is 0.0671. The van der Waals surface area contributed by atoms with Crippen LogP contribution in [0.5, 0.6) is 0 Å². The van der Waals surface area contributed by atoms with Gasteiger partial charge < -0.3 is 11.5 Å². The first-order valence-corrected chi connectivity index (χ1v) is 5.78. The molecule has 1 heterocycles. The van der Waals surface area contributed by atoms with Gasteiger partial charge in [0.2, 0.25) is 0 Å². The molecule has 4 nitrogen and oxygen atoms in total. The number of primary amides is 2. The van der Waals surface area contributed by atoms with Gasteiger partial charge in [-0.1, -0.05) is 18.2 Å². The molecule has 0 aliphatic heterocycles. The lowest BCUT2D eigenvalue weighted by molar-refractivity contribution is 0.0991. The van der Waals surface area contributed by atoms with Crippen molar-refractivity contribution < 1.29 is 14.0 Å². The van der Waals surface area contributed by atoms with Gasteiger partial charge in [-0.05, 0) is 23.6 Å². The summed E-state index contributed by atoms with van der Waals surface area (Å²) in [6.07, 6.45) is 0. The summed E-state index contributed by atoms with van der Waals surface area (Å²) in [5.41, 5.74) is 9.70. The lowest BCUT2D eigenvalue weighted by Gasteiger charge is -1.94. The molecular weight excluding hydrogens is 255 g/mol. The molecule has 6 heteroatoms. The number of thiophene rings is 1. The van der Waals surface area contributed by atoms with E-state index in [0.29, 0.717) is 4.88 Å². The van der Waals surface area contributed by atoms with E-state index in [1.54, 1.807) is 18.2 Å². The Morgan fingerprint density at radius 3 is 2.00 bits per heavy atom. The van der Waals surface area contributed by atoms with E-state index in [4.69, 9.17) is 11.5 Å². The van der Waals surface area contributed by atoms with Crippen molar-refractivity contribution >= 4 is 23.2 Å². The van der Waals surface area contributed by atoms with Crippen LogP contribution in [0.3, 0.4) is 0 Å². The van der Waals surface area contributed by atoms with E-state index in [2.05, 4.69) is 0 Å². The summed E-state index contributed by atoms with van der Waals surface area (Å²) in [6.45, 7) is 0. The van der Waals surface area contributed by atoms with Crippen LogP contribution in [0.2, 0.25) is 0 Å². The number of nitrogens with two attached hydrogens (primary N) is 2. The smallest absolute Gasteiger partial charge is 0.258 e. The van der Waals surface area contributed by atoms with Crippen LogP contribution in [-0.4, -0.2) is 11.8 Å². The van der Waals surface area contributed by atoms with Crippen molar-refractivity contribution in [1.82, 2.24) is 0 Å². The summed E-state index contributed by atoms with van der Waals surface area (Å²) in [5.74, 6) is -1.66. The molecule has 0 unspecified atom stereocenters. The normalized spacial score (nSPS) is 9.17. The third kappa shape index (κ3) is 3.99. The van der Waals surface area contributed by atoms with Crippen LogP contribution in [0, 0.1) is 5.82 Å². The molecule has 1 aromatic carbocycles. The van der Waals surface area contributed by atoms with Gasteiger partial charge in [-0.25, -0.2) is 4.39 Å². The molecule has 0 atom stereocenters. The van der Waals surface area contributed by atoms with Crippen molar-refractivity contribution in [1.29, 1.82) is 0 Å². The molecule has 0 spiro atoms. The zero-order chi connectivity index (χ0) is 13.5. The first-order valence-electron chi connectivity index (χ1n) is 4.90. The summed E-state index contributed by atoms with van der Waals surface area (Å²) in [7, 11) is 0. The molecule has 94 valence electrons. The number of benzene rings is 1. The molecule has 4 N–H and O–H groups in total. The number of carbonyl (C=O) groups excluding carboxylic acids is 2. The van der Waals surface area contributed by atoms with Crippen molar-refractivity contribution in [3.63, 3.8) is 0 Å². The fourth-order valence-corrected chi connectivity index (χ4v) is 1.66. The maximum absolute atomic E-state index is 12.5. The standard InChI is InChI=1S/C7H6FNO.C5H5NOS/c8-6-4-2-1-3-5(6)7(9)10;6-5(7)4-2-1-3-8-4/h1-4H,(H2,9,10);1-3H,(H2,6,7). The summed E-state index contributed by atoms with van der Waals surface area (Å²) in [5, 5.41) is 1.82. The molecule has 2 amide bonds. The Bertz CT molecular complexity index is 541. The predicted octanol–water partition coefficient (Wildman–Crippen LogP) is 1.77. The molecular formula is C12H11FN2O2S. The van der Waals surface area contributed by atoms with E-state index >= 15 is 0 Å². The fourth-order valence-electron chi connectivity index (χ4n) is 1.08. The molecule has 0 aliphatic carbocycles. The van der Waals surface area contributed by atoms with E-state index in [1.807, 2.05) is 5.38 Å². The van der Waals surface area contributed by atoms with Crippen LogP contribution in [0.4, 0.5) is 4.39 Å². The van der Waals surface area contributed by atoms with Crippen LogP contribution >= 0.6 is 11.3 Å². The van der Waals surface area contributed by atoms with Crippen LogP contribution in [0.25, 0.3) is 0 Å². The quantitative estimate of drug-likeness (QED) is 0.867.